The molecule has 0 unspecified atom stereocenters. The van der Waals surface area contributed by atoms with Gasteiger partial charge in [0, 0.05) is 24.6 Å². The van der Waals surface area contributed by atoms with Crippen molar-refractivity contribution in [3.63, 3.8) is 0 Å². The molecule has 1 aliphatic heterocycles. The van der Waals surface area contributed by atoms with Gasteiger partial charge in [-0.1, -0.05) is 0 Å². The van der Waals surface area contributed by atoms with Crippen LogP contribution in [0.25, 0.3) is 0 Å². The van der Waals surface area contributed by atoms with Crippen LogP contribution in [0, 0.1) is 0 Å². The van der Waals surface area contributed by atoms with Crippen molar-refractivity contribution in [2.75, 3.05) is 5.32 Å². The second-order valence-corrected chi connectivity index (χ2v) is 6.65. The van der Waals surface area contributed by atoms with Crippen molar-refractivity contribution in [1.82, 2.24) is 5.32 Å². The third-order valence-corrected chi connectivity index (χ3v) is 4.65. The van der Waals surface area contributed by atoms with Crippen LogP contribution in [0.3, 0.4) is 0 Å². The lowest BCUT2D eigenvalue weighted by atomic mass is 10.2. The molecule has 136 valence electrons. The molecule has 1 atom stereocenters. The molecular weight excluding hydrogens is 336 g/mol. The summed E-state index contributed by atoms with van der Waals surface area (Å²) in [5.74, 6) is 0.191. The maximum Gasteiger partial charge on any atom is 0.287 e. The summed E-state index contributed by atoms with van der Waals surface area (Å²) < 4.78 is 17.0. The van der Waals surface area contributed by atoms with Gasteiger partial charge in [-0.25, -0.2) is 0 Å². The van der Waals surface area contributed by atoms with Crippen molar-refractivity contribution in [2.24, 2.45) is 0 Å². The van der Waals surface area contributed by atoms with E-state index in [2.05, 4.69) is 10.6 Å². The predicted octanol–water partition coefficient (Wildman–Crippen LogP) is 3.08. The SMILES string of the molecule is C[C@@H](NC(=O)c1ccco1)C(=O)Nc1ccc2c(c1)OC1(CCCC1)O2. The summed E-state index contributed by atoms with van der Waals surface area (Å²) >= 11 is 0. The zero-order valence-corrected chi connectivity index (χ0v) is 14.4. The van der Waals surface area contributed by atoms with Gasteiger partial charge in [-0.3, -0.25) is 9.59 Å². The highest BCUT2D eigenvalue weighted by Gasteiger charge is 2.44. The van der Waals surface area contributed by atoms with Gasteiger partial charge >= 0.3 is 0 Å². The van der Waals surface area contributed by atoms with Crippen molar-refractivity contribution >= 4 is 17.5 Å². The molecule has 2 amide bonds. The van der Waals surface area contributed by atoms with E-state index in [1.165, 1.54) is 12.3 Å². The number of anilines is 1. The first-order valence-corrected chi connectivity index (χ1v) is 8.72. The van der Waals surface area contributed by atoms with Crippen LogP contribution in [0.1, 0.15) is 43.2 Å². The van der Waals surface area contributed by atoms with E-state index in [0.717, 1.165) is 25.7 Å². The first-order chi connectivity index (χ1) is 12.5. The number of rotatable bonds is 4. The molecule has 1 aliphatic carbocycles. The molecule has 1 aromatic carbocycles. The Morgan fingerprint density at radius 1 is 1.12 bits per heavy atom. The lowest BCUT2D eigenvalue weighted by Crippen LogP contribution is -2.41. The lowest BCUT2D eigenvalue weighted by molar-refractivity contribution is -0.117. The third kappa shape index (κ3) is 3.12. The number of hydrogen-bond acceptors (Lipinski definition) is 5. The van der Waals surface area contributed by atoms with Crippen molar-refractivity contribution in [1.29, 1.82) is 0 Å². The largest absolute Gasteiger partial charge is 0.459 e. The Kier molecular flexibility index (Phi) is 4.06. The molecule has 7 nitrogen and oxygen atoms in total. The lowest BCUT2D eigenvalue weighted by Gasteiger charge is -2.21. The molecule has 1 aromatic heterocycles. The highest BCUT2D eigenvalue weighted by molar-refractivity contribution is 6.00. The number of hydrogen-bond donors (Lipinski definition) is 2. The van der Waals surface area contributed by atoms with Crippen LogP contribution < -0.4 is 20.1 Å². The normalized spacial score (nSPS) is 17.9. The second kappa shape index (κ2) is 6.40. The van der Waals surface area contributed by atoms with E-state index in [0.29, 0.717) is 17.2 Å². The van der Waals surface area contributed by atoms with E-state index in [-0.39, 0.29) is 11.7 Å². The molecule has 0 bridgehead atoms. The van der Waals surface area contributed by atoms with Crippen molar-refractivity contribution in [3.05, 3.63) is 42.4 Å². The summed E-state index contributed by atoms with van der Waals surface area (Å²) in [4.78, 5) is 24.3. The predicted molar refractivity (Wildman–Crippen MR) is 93.2 cm³/mol. The number of furan rings is 1. The molecule has 4 rings (SSSR count). The number of carbonyl (C=O) groups is 2. The molecule has 2 N–H and O–H groups in total. The minimum absolute atomic E-state index is 0.162. The highest BCUT2D eigenvalue weighted by atomic mass is 16.7. The van der Waals surface area contributed by atoms with Crippen molar-refractivity contribution < 1.29 is 23.5 Å². The molecule has 0 radical (unpaired) electrons. The minimum atomic E-state index is -0.723. The van der Waals surface area contributed by atoms with E-state index in [9.17, 15) is 9.59 Å². The number of fused-ring (bicyclic) bond motifs is 1. The van der Waals surface area contributed by atoms with Crippen LogP contribution in [-0.4, -0.2) is 23.6 Å². The van der Waals surface area contributed by atoms with E-state index in [4.69, 9.17) is 13.9 Å². The zero-order chi connectivity index (χ0) is 18.1. The fourth-order valence-electron chi connectivity index (χ4n) is 3.28. The second-order valence-electron chi connectivity index (χ2n) is 6.65. The average molecular weight is 356 g/mol. The molecule has 1 saturated carbocycles. The van der Waals surface area contributed by atoms with Crippen LogP contribution in [0.4, 0.5) is 5.69 Å². The van der Waals surface area contributed by atoms with Gasteiger partial charge in [0.05, 0.1) is 6.26 Å². The van der Waals surface area contributed by atoms with Gasteiger partial charge in [0.15, 0.2) is 17.3 Å². The van der Waals surface area contributed by atoms with Gasteiger partial charge in [0.1, 0.15) is 6.04 Å². The van der Waals surface area contributed by atoms with Crippen LogP contribution in [-0.2, 0) is 4.79 Å². The Bertz CT molecular complexity index is 824. The summed E-state index contributed by atoms with van der Waals surface area (Å²) in [6.45, 7) is 1.61. The third-order valence-electron chi connectivity index (χ3n) is 4.65. The van der Waals surface area contributed by atoms with E-state index in [1.807, 2.05) is 0 Å². The monoisotopic (exact) mass is 356 g/mol. The Balaban J connectivity index is 1.39. The Hall–Kier alpha value is -2.96. The van der Waals surface area contributed by atoms with Crippen molar-refractivity contribution in [2.45, 2.75) is 44.4 Å². The van der Waals surface area contributed by atoms with E-state index in [1.54, 1.807) is 31.2 Å². The molecule has 1 fully saturated rings. The van der Waals surface area contributed by atoms with E-state index >= 15 is 0 Å². The number of carbonyl (C=O) groups excluding carboxylic acids is 2. The molecule has 2 heterocycles. The van der Waals surface area contributed by atoms with Crippen LogP contribution in [0.2, 0.25) is 0 Å². The number of ether oxygens (including phenoxy) is 2. The topological polar surface area (TPSA) is 89.8 Å². The molecule has 0 saturated heterocycles. The maximum absolute atomic E-state index is 12.3. The summed E-state index contributed by atoms with van der Waals surface area (Å²) in [7, 11) is 0. The summed E-state index contributed by atoms with van der Waals surface area (Å²) in [6.07, 6.45) is 5.33. The van der Waals surface area contributed by atoms with Gasteiger partial charge < -0.3 is 24.5 Å². The first kappa shape index (κ1) is 16.5. The fourth-order valence-corrected chi connectivity index (χ4v) is 3.28. The molecule has 7 heteroatoms. The number of benzene rings is 1. The average Bonchev–Trinajstić information content (AvgIpc) is 3.35. The van der Waals surface area contributed by atoms with Gasteiger partial charge in [0.25, 0.3) is 11.7 Å². The summed E-state index contributed by atoms with van der Waals surface area (Å²) in [6, 6.07) is 7.74. The maximum atomic E-state index is 12.3. The summed E-state index contributed by atoms with van der Waals surface area (Å²) in [5, 5.41) is 5.37. The number of amides is 2. The van der Waals surface area contributed by atoms with Crippen molar-refractivity contribution in [3.8, 4) is 11.5 Å². The Labute approximate surface area is 150 Å². The van der Waals surface area contributed by atoms with Crippen LogP contribution >= 0.6 is 0 Å². The molecule has 1 spiro atoms. The van der Waals surface area contributed by atoms with Gasteiger partial charge in [-0.2, -0.15) is 0 Å². The minimum Gasteiger partial charge on any atom is -0.459 e. The van der Waals surface area contributed by atoms with Gasteiger partial charge in [-0.15, -0.1) is 0 Å². The number of nitrogens with one attached hydrogen (secondary N) is 2. The van der Waals surface area contributed by atoms with E-state index < -0.39 is 17.7 Å². The molecule has 2 aliphatic rings. The molecular formula is C19H20N2O5. The molecule has 2 aromatic rings. The Morgan fingerprint density at radius 3 is 2.62 bits per heavy atom. The summed E-state index contributed by atoms with van der Waals surface area (Å²) in [5.41, 5.74) is 0.589. The van der Waals surface area contributed by atoms with Gasteiger partial charge in [-0.05, 0) is 44.0 Å². The first-order valence-electron chi connectivity index (χ1n) is 8.72. The standard InChI is InChI=1S/C19H20N2O5/c1-12(20-18(23)15-5-4-10-24-15)17(22)21-13-6-7-14-16(11-13)26-19(25-14)8-2-3-9-19/h4-7,10-12H,2-3,8-9H2,1H3,(H,20,23)(H,21,22)/t12-/m1/s1. The quantitative estimate of drug-likeness (QED) is 0.879. The Morgan fingerprint density at radius 2 is 1.88 bits per heavy atom. The molecule has 26 heavy (non-hydrogen) atoms. The van der Waals surface area contributed by atoms with Crippen LogP contribution in [0.15, 0.2) is 41.0 Å². The van der Waals surface area contributed by atoms with Gasteiger partial charge in [0.2, 0.25) is 5.91 Å². The highest BCUT2D eigenvalue weighted by Crippen LogP contribution is 2.47. The zero-order valence-electron chi connectivity index (χ0n) is 14.4. The fraction of sp³-hybridized carbons (Fsp3) is 0.368. The smallest absolute Gasteiger partial charge is 0.287 e. The van der Waals surface area contributed by atoms with Crippen LogP contribution in [0.5, 0.6) is 11.5 Å².